The first-order chi connectivity index (χ1) is 14.6. The number of carbonyl (C=O) groups is 3. The quantitative estimate of drug-likeness (QED) is 0.375. The molecular formula is C24H19NO4S. The largest absolute Gasteiger partial charge is 0.451 e. The maximum atomic E-state index is 13.1. The van der Waals surface area contributed by atoms with Gasteiger partial charge in [-0.2, -0.15) is 12.6 Å². The molecule has 0 saturated heterocycles. The Morgan fingerprint density at radius 3 is 1.63 bits per heavy atom. The Morgan fingerprint density at radius 2 is 1.20 bits per heavy atom. The minimum absolute atomic E-state index is 0.0411. The van der Waals surface area contributed by atoms with Crippen molar-refractivity contribution in [2.75, 3.05) is 5.75 Å². The number of ether oxygens (including phenoxy) is 1. The van der Waals surface area contributed by atoms with Gasteiger partial charge in [-0.1, -0.05) is 72.8 Å². The highest BCUT2D eigenvalue weighted by molar-refractivity contribution is 7.80. The number of nitrogens with zero attached hydrogens (tertiary/aromatic N) is 1. The monoisotopic (exact) mass is 417 g/mol. The average Bonchev–Trinajstić information content (AvgIpc) is 3.05. The second-order valence-electron chi connectivity index (χ2n) is 6.86. The summed E-state index contributed by atoms with van der Waals surface area (Å²) in [7, 11) is 0. The van der Waals surface area contributed by atoms with E-state index in [9.17, 15) is 14.4 Å². The first kappa shape index (κ1) is 19.9. The van der Waals surface area contributed by atoms with Crippen LogP contribution in [0.4, 0.5) is 0 Å². The third kappa shape index (κ3) is 3.62. The second-order valence-corrected chi connectivity index (χ2v) is 7.23. The van der Waals surface area contributed by atoms with E-state index in [0.717, 1.165) is 16.0 Å². The Kier molecular flexibility index (Phi) is 5.68. The van der Waals surface area contributed by atoms with Crippen molar-refractivity contribution in [2.45, 2.75) is 12.1 Å². The lowest BCUT2D eigenvalue weighted by molar-refractivity contribution is -0.151. The van der Waals surface area contributed by atoms with Gasteiger partial charge in [0.1, 0.15) is 6.04 Å². The fraction of sp³-hybridized carbons (Fsp3) is 0.125. The van der Waals surface area contributed by atoms with Crippen LogP contribution < -0.4 is 0 Å². The van der Waals surface area contributed by atoms with Crippen LogP contribution in [-0.4, -0.2) is 34.5 Å². The molecule has 1 aliphatic rings. The Bertz CT molecular complexity index is 1010. The predicted octanol–water partition coefficient (Wildman–Crippen LogP) is 3.91. The van der Waals surface area contributed by atoms with Gasteiger partial charge in [-0.05, 0) is 23.3 Å². The smallest absolute Gasteiger partial charge is 0.331 e. The highest BCUT2D eigenvalue weighted by Crippen LogP contribution is 2.29. The number of benzene rings is 3. The van der Waals surface area contributed by atoms with Crippen molar-refractivity contribution in [2.24, 2.45) is 0 Å². The van der Waals surface area contributed by atoms with Gasteiger partial charge in [-0.3, -0.25) is 14.5 Å². The lowest BCUT2D eigenvalue weighted by Gasteiger charge is -2.26. The van der Waals surface area contributed by atoms with Crippen LogP contribution in [0.5, 0.6) is 0 Å². The summed E-state index contributed by atoms with van der Waals surface area (Å²) in [5.41, 5.74) is 2.14. The standard InChI is InChI=1S/C24H19NO4S/c26-22-18-13-7-8-14-19(18)23(27)25(22)20(15-30)24(28)29-21(16-9-3-1-4-10-16)17-11-5-2-6-12-17/h1-14,20-21,30H,15H2/t20-/m0/s1. The van der Waals surface area contributed by atoms with Crippen LogP contribution in [-0.2, 0) is 9.53 Å². The van der Waals surface area contributed by atoms with Gasteiger partial charge in [0.05, 0.1) is 11.1 Å². The van der Waals surface area contributed by atoms with Crippen molar-refractivity contribution < 1.29 is 19.1 Å². The van der Waals surface area contributed by atoms with Gasteiger partial charge in [-0.15, -0.1) is 0 Å². The van der Waals surface area contributed by atoms with Crippen molar-refractivity contribution >= 4 is 30.4 Å². The number of amides is 2. The van der Waals surface area contributed by atoms with Gasteiger partial charge >= 0.3 is 5.97 Å². The topological polar surface area (TPSA) is 63.7 Å². The maximum Gasteiger partial charge on any atom is 0.331 e. The molecule has 0 fully saturated rings. The first-order valence-corrected chi connectivity index (χ1v) is 10.1. The molecule has 2 amide bonds. The number of hydrogen-bond acceptors (Lipinski definition) is 5. The maximum absolute atomic E-state index is 13.1. The van der Waals surface area contributed by atoms with E-state index in [-0.39, 0.29) is 16.9 Å². The van der Waals surface area contributed by atoms with E-state index in [0.29, 0.717) is 0 Å². The van der Waals surface area contributed by atoms with Crippen molar-refractivity contribution in [3.63, 3.8) is 0 Å². The molecule has 0 spiro atoms. The molecule has 4 rings (SSSR count). The third-order valence-electron chi connectivity index (χ3n) is 5.02. The molecule has 0 radical (unpaired) electrons. The number of carbonyl (C=O) groups excluding carboxylic acids is 3. The minimum atomic E-state index is -1.13. The fourth-order valence-electron chi connectivity index (χ4n) is 3.53. The van der Waals surface area contributed by atoms with Crippen LogP contribution in [0.3, 0.4) is 0 Å². The van der Waals surface area contributed by atoms with E-state index in [2.05, 4.69) is 12.6 Å². The van der Waals surface area contributed by atoms with E-state index in [1.165, 1.54) is 0 Å². The summed E-state index contributed by atoms with van der Waals surface area (Å²) in [6.07, 6.45) is -0.669. The molecule has 5 nitrogen and oxygen atoms in total. The highest BCUT2D eigenvalue weighted by atomic mass is 32.1. The average molecular weight is 417 g/mol. The number of fused-ring (bicyclic) bond motifs is 1. The normalized spacial score (nSPS) is 14.0. The molecule has 3 aromatic carbocycles. The summed E-state index contributed by atoms with van der Waals surface area (Å²) >= 11 is 4.24. The molecule has 1 heterocycles. The summed E-state index contributed by atoms with van der Waals surface area (Å²) in [4.78, 5) is 39.7. The molecule has 150 valence electrons. The van der Waals surface area contributed by atoms with Crippen LogP contribution in [0.25, 0.3) is 0 Å². The van der Waals surface area contributed by atoms with Gasteiger partial charge in [-0.25, -0.2) is 4.79 Å². The third-order valence-corrected chi connectivity index (χ3v) is 5.37. The molecule has 0 aliphatic carbocycles. The van der Waals surface area contributed by atoms with E-state index in [1.807, 2.05) is 60.7 Å². The van der Waals surface area contributed by atoms with E-state index in [1.54, 1.807) is 24.3 Å². The molecule has 0 bridgehead atoms. The second kappa shape index (κ2) is 8.55. The van der Waals surface area contributed by atoms with Gasteiger partial charge in [0.15, 0.2) is 6.10 Å². The van der Waals surface area contributed by atoms with Crippen LogP contribution in [0.1, 0.15) is 37.9 Å². The summed E-state index contributed by atoms with van der Waals surface area (Å²) in [5, 5.41) is 0. The molecule has 0 aromatic heterocycles. The Morgan fingerprint density at radius 1 is 0.767 bits per heavy atom. The molecule has 3 aromatic rings. The summed E-state index contributed by atoms with van der Waals surface area (Å²) in [6, 6.07) is 24.0. The Hall–Kier alpha value is -3.38. The summed E-state index contributed by atoms with van der Waals surface area (Å²) in [6.45, 7) is 0. The van der Waals surface area contributed by atoms with Gasteiger partial charge in [0.2, 0.25) is 0 Å². The lowest BCUT2D eigenvalue weighted by Crippen LogP contribution is -2.47. The summed E-state index contributed by atoms with van der Waals surface area (Å²) < 4.78 is 5.85. The van der Waals surface area contributed by atoms with Crippen molar-refractivity contribution in [3.05, 3.63) is 107 Å². The molecule has 1 aliphatic heterocycles. The van der Waals surface area contributed by atoms with Crippen molar-refractivity contribution in [3.8, 4) is 0 Å². The SMILES string of the molecule is O=C(OC(c1ccccc1)c1ccccc1)[C@H](CS)N1C(=O)c2ccccc2C1=O. The molecule has 6 heteroatoms. The fourth-order valence-corrected chi connectivity index (χ4v) is 3.84. The number of thiol groups is 1. The van der Waals surface area contributed by atoms with Crippen LogP contribution in [0, 0.1) is 0 Å². The Labute approximate surface area is 179 Å². The number of hydrogen-bond donors (Lipinski definition) is 1. The molecule has 0 unspecified atom stereocenters. The first-order valence-electron chi connectivity index (χ1n) is 9.50. The van der Waals surface area contributed by atoms with Crippen LogP contribution in [0.15, 0.2) is 84.9 Å². The molecule has 1 atom stereocenters. The summed E-state index contributed by atoms with van der Waals surface area (Å²) in [5.74, 6) is -1.75. The van der Waals surface area contributed by atoms with Crippen LogP contribution >= 0.6 is 12.6 Å². The van der Waals surface area contributed by atoms with Gasteiger partial charge in [0, 0.05) is 5.75 Å². The minimum Gasteiger partial charge on any atom is -0.451 e. The van der Waals surface area contributed by atoms with Crippen molar-refractivity contribution in [1.29, 1.82) is 0 Å². The molecule has 0 N–H and O–H groups in total. The number of esters is 1. The van der Waals surface area contributed by atoms with Crippen molar-refractivity contribution in [1.82, 2.24) is 4.90 Å². The Balaban J connectivity index is 1.64. The van der Waals surface area contributed by atoms with E-state index in [4.69, 9.17) is 4.74 Å². The van der Waals surface area contributed by atoms with E-state index < -0.39 is 29.9 Å². The zero-order valence-electron chi connectivity index (χ0n) is 16.0. The molecule has 0 saturated carbocycles. The zero-order chi connectivity index (χ0) is 21.1. The molecule has 30 heavy (non-hydrogen) atoms. The highest BCUT2D eigenvalue weighted by Gasteiger charge is 2.43. The number of rotatable bonds is 6. The molecular weight excluding hydrogens is 398 g/mol. The lowest BCUT2D eigenvalue weighted by atomic mass is 10.0. The van der Waals surface area contributed by atoms with Gasteiger partial charge in [0.25, 0.3) is 11.8 Å². The zero-order valence-corrected chi connectivity index (χ0v) is 16.9. The number of imide groups is 1. The van der Waals surface area contributed by atoms with E-state index >= 15 is 0 Å². The van der Waals surface area contributed by atoms with Crippen LogP contribution in [0.2, 0.25) is 0 Å². The predicted molar refractivity (Wildman–Crippen MR) is 115 cm³/mol. The van der Waals surface area contributed by atoms with Gasteiger partial charge < -0.3 is 4.74 Å².